The summed E-state index contributed by atoms with van der Waals surface area (Å²) in [6.07, 6.45) is 4.90. The Morgan fingerprint density at radius 2 is 2.04 bits per heavy atom. The Morgan fingerprint density at radius 1 is 1.32 bits per heavy atom. The number of carbonyl (C=O) groups excluding carboxylic acids is 1. The first-order valence-electron chi connectivity index (χ1n) is 9.22. The average Bonchev–Trinajstić information content (AvgIpc) is 2.58. The quantitative estimate of drug-likeness (QED) is 0.738. The van der Waals surface area contributed by atoms with E-state index in [9.17, 15) is 13.2 Å². The van der Waals surface area contributed by atoms with Crippen LogP contribution in [0.2, 0.25) is 0 Å². The van der Waals surface area contributed by atoms with Crippen molar-refractivity contribution in [2.75, 3.05) is 32.5 Å². The van der Waals surface area contributed by atoms with Gasteiger partial charge in [0.1, 0.15) is 5.54 Å². The molecule has 0 aromatic carbocycles. The Bertz CT molecular complexity index is 636. The monoisotopic (exact) mass is 373 g/mol. The van der Waals surface area contributed by atoms with E-state index in [1.54, 1.807) is 0 Å². The van der Waals surface area contributed by atoms with Crippen LogP contribution in [-0.2, 0) is 19.6 Å². The van der Waals surface area contributed by atoms with E-state index in [2.05, 4.69) is 4.72 Å². The lowest BCUT2D eigenvalue weighted by Crippen LogP contribution is -2.82. The zero-order valence-corrected chi connectivity index (χ0v) is 16.3. The van der Waals surface area contributed by atoms with Crippen LogP contribution in [0.4, 0.5) is 0 Å². The maximum Gasteiger partial charge on any atom is 0.243 e. The lowest BCUT2D eigenvalue weighted by Gasteiger charge is -2.66. The molecule has 0 aromatic rings. The summed E-state index contributed by atoms with van der Waals surface area (Å²) in [4.78, 5) is 15.2. The van der Waals surface area contributed by atoms with Gasteiger partial charge in [0, 0.05) is 37.6 Å². The summed E-state index contributed by atoms with van der Waals surface area (Å²) in [5.41, 5.74) is 5.45. The minimum atomic E-state index is -3.21. The Hall–Kier alpha value is -0.700. The van der Waals surface area contributed by atoms with Crippen molar-refractivity contribution in [3.05, 3.63) is 0 Å². The molecule has 7 nitrogen and oxygen atoms in total. The van der Waals surface area contributed by atoms with Gasteiger partial charge in [0.05, 0.1) is 12.4 Å². The third-order valence-electron chi connectivity index (χ3n) is 6.48. The molecule has 1 saturated carbocycles. The standard InChI is InChI=1S/C17H31N3O4S/c1-16(2)14-13(7-5-9-24-14)17(16,18)15(21)20-8-4-6-12(11-20)10-19-25(3,22)23/h12-14,19H,4-11,18H2,1-3H3. The number of amides is 1. The Balaban J connectivity index is 1.69. The van der Waals surface area contributed by atoms with Gasteiger partial charge in [-0.05, 0) is 31.6 Å². The Morgan fingerprint density at radius 3 is 2.72 bits per heavy atom. The van der Waals surface area contributed by atoms with E-state index < -0.39 is 15.6 Å². The number of sulfonamides is 1. The van der Waals surface area contributed by atoms with Gasteiger partial charge in [0.2, 0.25) is 15.9 Å². The number of likely N-dealkylation sites (tertiary alicyclic amines) is 1. The lowest BCUT2D eigenvalue weighted by molar-refractivity contribution is -0.230. The molecular formula is C17H31N3O4S. The highest BCUT2D eigenvalue weighted by atomic mass is 32.2. The second kappa shape index (κ2) is 6.48. The van der Waals surface area contributed by atoms with Gasteiger partial charge in [-0.3, -0.25) is 4.79 Å². The van der Waals surface area contributed by atoms with Crippen LogP contribution in [-0.4, -0.2) is 63.4 Å². The summed E-state index contributed by atoms with van der Waals surface area (Å²) in [6.45, 7) is 6.45. The average molecular weight is 374 g/mol. The minimum absolute atomic E-state index is 0.00769. The van der Waals surface area contributed by atoms with Crippen LogP contribution in [0.1, 0.15) is 39.5 Å². The first kappa shape index (κ1) is 19.1. The van der Waals surface area contributed by atoms with Crippen LogP contribution in [0, 0.1) is 17.3 Å². The van der Waals surface area contributed by atoms with Crippen LogP contribution in [0.3, 0.4) is 0 Å². The molecule has 0 radical (unpaired) electrons. The van der Waals surface area contributed by atoms with Crippen molar-refractivity contribution in [1.82, 2.24) is 9.62 Å². The fourth-order valence-electron chi connectivity index (χ4n) is 4.96. The molecule has 3 N–H and O–H groups in total. The minimum Gasteiger partial charge on any atom is -0.377 e. The molecule has 2 saturated heterocycles. The highest BCUT2D eigenvalue weighted by molar-refractivity contribution is 7.88. The number of hydrogen-bond acceptors (Lipinski definition) is 5. The number of ether oxygens (including phenoxy) is 1. The van der Waals surface area contributed by atoms with Gasteiger partial charge in [0.25, 0.3) is 0 Å². The SMILES string of the molecule is CC1(C)C2OCCCC2C1(N)C(=O)N1CCCC(CNS(C)(=O)=O)C1. The molecule has 0 bridgehead atoms. The van der Waals surface area contributed by atoms with Crippen molar-refractivity contribution in [2.45, 2.75) is 51.2 Å². The third-order valence-corrected chi connectivity index (χ3v) is 7.17. The van der Waals surface area contributed by atoms with E-state index in [-0.39, 0.29) is 29.3 Å². The second-order valence-corrected chi connectivity index (χ2v) is 10.3. The number of nitrogens with zero attached hydrogens (tertiary/aromatic N) is 1. The van der Waals surface area contributed by atoms with Gasteiger partial charge in [0.15, 0.2) is 0 Å². The highest BCUT2D eigenvalue weighted by Gasteiger charge is 2.70. The van der Waals surface area contributed by atoms with Gasteiger partial charge in [-0.15, -0.1) is 0 Å². The van der Waals surface area contributed by atoms with Crippen molar-refractivity contribution in [1.29, 1.82) is 0 Å². The lowest BCUT2D eigenvalue weighted by atomic mass is 9.46. The van der Waals surface area contributed by atoms with Crippen LogP contribution < -0.4 is 10.5 Å². The van der Waals surface area contributed by atoms with E-state index in [1.165, 1.54) is 0 Å². The van der Waals surface area contributed by atoms with E-state index in [0.717, 1.165) is 38.5 Å². The van der Waals surface area contributed by atoms with Gasteiger partial charge in [-0.25, -0.2) is 13.1 Å². The summed E-state index contributed by atoms with van der Waals surface area (Å²) in [5, 5.41) is 0. The van der Waals surface area contributed by atoms with Crippen molar-refractivity contribution < 1.29 is 17.9 Å². The summed E-state index contributed by atoms with van der Waals surface area (Å²) < 4.78 is 31.1. The van der Waals surface area contributed by atoms with E-state index in [4.69, 9.17) is 10.5 Å². The molecule has 1 aliphatic carbocycles. The molecule has 4 unspecified atom stereocenters. The summed E-state index contributed by atoms with van der Waals surface area (Å²) in [7, 11) is -3.21. The van der Waals surface area contributed by atoms with E-state index in [0.29, 0.717) is 19.6 Å². The summed E-state index contributed by atoms with van der Waals surface area (Å²) in [5.74, 6) is 0.226. The first-order chi connectivity index (χ1) is 11.6. The molecule has 1 amide bonds. The molecule has 4 atom stereocenters. The van der Waals surface area contributed by atoms with Crippen LogP contribution >= 0.6 is 0 Å². The molecule has 8 heteroatoms. The number of hydrogen-bond donors (Lipinski definition) is 2. The Labute approximate surface area is 150 Å². The molecule has 3 fully saturated rings. The molecule has 0 spiro atoms. The maximum absolute atomic E-state index is 13.3. The fraction of sp³-hybridized carbons (Fsp3) is 0.941. The molecule has 3 rings (SSSR count). The van der Waals surface area contributed by atoms with Crippen molar-refractivity contribution in [2.24, 2.45) is 23.0 Å². The zero-order valence-electron chi connectivity index (χ0n) is 15.5. The fourth-order valence-corrected chi connectivity index (χ4v) is 5.50. The number of carbonyl (C=O) groups is 1. The molecule has 3 aliphatic rings. The van der Waals surface area contributed by atoms with Gasteiger partial charge >= 0.3 is 0 Å². The van der Waals surface area contributed by atoms with Gasteiger partial charge < -0.3 is 15.4 Å². The first-order valence-corrected chi connectivity index (χ1v) is 11.1. The number of piperidine rings is 1. The number of rotatable bonds is 4. The third kappa shape index (κ3) is 3.22. The van der Waals surface area contributed by atoms with Crippen molar-refractivity contribution in [3.63, 3.8) is 0 Å². The molecule has 0 aromatic heterocycles. The van der Waals surface area contributed by atoms with Gasteiger partial charge in [-0.1, -0.05) is 13.8 Å². The van der Waals surface area contributed by atoms with Crippen LogP contribution in [0.25, 0.3) is 0 Å². The van der Waals surface area contributed by atoms with Crippen molar-refractivity contribution in [3.8, 4) is 0 Å². The number of nitrogens with one attached hydrogen (secondary N) is 1. The molecular weight excluding hydrogens is 342 g/mol. The number of fused-ring (bicyclic) bond motifs is 1. The van der Waals surface area contributed by atoms with Crippen molar-refractivity contribution >= 4 is 15.9 Å². The number of nitrogens with two attached hydrogens (primary N) is 1. The second-order valence-electron chi connectivity index (χ2n) is 8.51. The molecule has 2 aliphatic heterocycles. The largest absolute Gasteiger partial charge is 0.377 e. The maximum atomic E-state index is 13.3. The van der Waals surface area contributed by atoms with Crippen LogP contribution in [0.5, 0.6) is 0 Å². The Kier molecular flexibility index (Phi) is 4.94. The molecule has 2 heterocycles. The predicted octanol–water partition coefficient (Wildman–Crippen LogP) is 0.307. The smallest absolute Gasteiger partial charge is 0.243 e. The normalized spacial score (nSPS) is 37.9. The van der Waals surface area contributed by atoms with Crippen LogP contribution in [0.15, 0.2) is 0 Å². The van der Waals surface area contributed by atoms with E-state index >= 15 is 0 Å². The summed E-state index contributed by atoms with van der Waals surface area (Å²) >= 11 is 0. The topological polar surface area (TPSA) is 102 Å². The molecule has 144 valence electrons. The van der Waals surface area contributed by atoms with Gasteiger partial charge in [-0.2, -0.15) is 0 Å². The predicted molar refractivity (Wildman–Crippen MR) is 95.3 cm³/mol. The highest BCUT2D eigenvalue weighted by Crippen LogP contribution is 2.58. The summed E-state index contributed by atoms with van der Waals surface area (Å²) in [6, 6.07) is 0. The van der Waals surface area contributed by atoms with E-state index in [1.807, 2.05) is 18.7 Å². The zero-order chi connectivity index (χ0) is 18.5. The molecule has 25 heavy (non-hydrogen) atoms.